The van der Waals surface area contributed by atoms with Crippen molar-refractivity contribution in [3.8, 4) is 11.5 Å². The Balaban J connectivity index is 2.02. The number of halogens is 1. The highest BCUT2D eigenvalue weighted by atomic mass is 35.5. The number of para-hydroxylation sites is 1. The average molecular weight is 469 g/mol. The molecule has 9 heteroatoms. The maximum Gasteiger partial charge on any atom is 0.240 e. The van der Waals surface area contributed by atoms with Crippen LogP contribution in [0.4, 0.5) is 5.69 Å². The van der Waals surface area contributed by atoms with Gasteiger partial charge in [0.25, 0.3) is 0 Å². The average Bonchev–Trinajstić information content (AvgIpc) is 2.68. The number of amides is 1. The second-order valence-electron chi connectivity index (χ2n) is 8.03. The standard InChI is InChI=1S/C22H29ClN2O5S/c1-22(2,3)17-8-6-7-9-19(17)30-13-12-24-21(26)15-25(31(5,27)28)18-14-16(23)10-11-20(18)29-4/h6-11,14H,12-13,15H2,1-5H3,(H,24,26). The van der Waals surface area contributed by atoms with Gasteiger partial charge < -0.3 is 14.8 Å². The molecule has 2 aromatic carbocycles. The molecule has 0 spiro atoms. The predicted octanol–water partition coefficient (Wildman–Crippen LogP) is 3.61. The highest BCUT2D eigenvalue weighted by molar-refractivity contribution is 7.92. The minimum absolute atomic E-state index is 0.0775. The van der Waals surface area contributed by atoms with E-state index in [1.54, 1.807) is 12.1 Å². The van der Waals surface area contributed by atoms with E-state index in [4.69, 9.17) is 21.1 Å². The number of carbonyl (C=O) groups excluding carboxylic acids is 1. The topological polar surface area (TPSA) is 84.9 Å². The van der Waals surface area contributed by atoms with Gasteiger partial charge in [0.1, 0.15) is 24.7 Å². The number of benzene rings is 2. The van der Waals surface area contributed by atoms with Gasteiger partial charge in [-0.15, -0.1) is 0 Å². The monoisotopic (exact) mass is 468 g/mol. The van der Waals surface area contributed by atoms with Crippen LogP contribution in [-0.4, -0.2) is 47.4 Å². The van der Waals surface area contributed by atoms with Crippen LogP contribution >= 0.6 is 11.6 Å². The van der Waals surface area contributed by atoms with Crippen LogP contribution in [0.25, 0.3) is 0 Å². The van der Waals surface area contributed by atoms with Crippen LogP contribution in [0.1, 0.15) is 26.3 Å². The molecule has 2 aromatic rings. The van der Waals surface area contributed by atoms with Crippen molar-refractivity contribution in [2.75, 3.05) is 37.4 Å². The zero-order valence-electron chi connectivity index (χ0n) is 18.4. The number of sulfonamides is 1. The van der Waals surface area contributed by atoms with Crippen LogP contribution in [-0.2, 0) is 20.2 Å². The summed E-state index contributed by atoms with van der Waals surface area (Å²) in [6.45, 7) is 6.36. The zero-order chi connectivity index (χ0) is 23.2. The van der Waals surface area contributed by atoms with Crippen LogP contribution in [0.2, 0.25) is 5.02 Å². The second kappa shape index (κ2) is 10.2. The van der Waals surface area contributed by atoms with Crippen LogP contribution in [0.15, 0.2) is 42.5 Å². The summed E-state index contributed by atoms with van der Waals surface area (Å²) in [5, 5.41) is 3.02. The molecule has 0 aliphatic rings. The molecule has 0 aliphatic heterocycles. The third kappa shape index (κ3) is 7.04. The molecule has 0 radical (unpaired) electrons. The first-order chi connectivity index (χ1) is 14.4. The van der Waals surface area contributed by atoms with Crippen molar-refractivity contribution in [3.63, 3.8) is 0 Å². The predicted molar refractivity (Wildman–Crippen MR) is 124 cm³/mol. The Morgan fingerprint density at radius 2 is 1.81 bits per heavy atom. The molecule has 0 bridgehead atoms. The molecule has 7 nitrogen and oxygen atoms in total. The molecule has 0 aromatic heterocycles. The first-order valence-electron chi connectivity index (χ1n) is 9.73. The normalized spacial score (nSPS) is 11.7. The number of hydrogen-bond acceptors (Lipinski definition) is 5. The van der Waals surface area contributed by atoms with Gasteiger partial charge in [-0.25, -0.2) is 8.42 Å². The smallest absolute Gasteiger partial charge is 0.240 e. The minimum atomic E-state index is -3.76. The maximum atomic E-state index is 12.4. The molecule has 0 unspecified atom stereocenters. The second-order valence-corrected chi connectivity index (χ2v) is 10.4. The van der Waals surface area contributed by atoms with Gasteiger partial charge in [-0.2, -0.15) is 0 Å². The van der Waals surface area contributed by atoms with E-state index < -0.39 is 22.5 Å². The summed E-state index contributed by atoms with van der Waals surface area (Å²) in [6, 6.07) is 12.3. The van der Waals surface area contributed by atoms with E-state index in [2.05, 4.69) is 26.1 Å². The molecule has 0 saturated carbocycles. The van der Waals surface area contributed by atoms with Crippen molar-refractivity contribution in [2.45, 2.75) is 26.2 Å². The first kappa shape index (κ1) is 24.8. The molecule has 0 fully saturated rings. The summed E-state index contributed by atoms with van der Waals surface area (Å²) >= 11 is 6.02. The number of nitrogens with zero attached hydrogens (tertiary/aromatic N) is 1. The van der Waals surface area contributed by atoms with E-state index in [0.717, 1.165) is 21.9 Å². The SMILES string of the molecule is COc1ccc(Cl)cc1N(CC(=O)NCCOc1ccccc1C(C)(C)C)S(C)(=O)=O. The van der Waals surface area contributed by atoms with E-state index in [0.29, 0.717) is 10.8 Å². The van der Waals surface area contributed by atoms with E-state index >= 15 is 0 Å². The molecule has 2 rings (SSSR count). The number of nitrogens with one attached hydrogen (secondary N) is 1. The van der Waals surface area contributed by atoms with Gasteiger partial charge >= 0.3 is 0 Å². The third-order valence-electron chi connectivity index (χ3n) is 4.47. The van der Waals surface area contributed by atoms with Crippen molar-refractivity contribution < 1.29 is 22.7 Å². The lowest BCUT2D eigenvalue weighted by atomic mass is 9.86. The fourth-order valence-corrected chi connectivity index (χ4v) is 4.01. The van der Waals surface area contributed by atoms with Gasteiger partial charge in [0, 0.05) is 5.02 Å². The fourth-order valence-electron chi connectivity index (χ4n) is 2.99. The molecule has 0 heterocycles. The fraction of sp³-hybridized carbons (Fsp3) is 0.409. The Bertz CT molecular complexity index is 1020. The molecular formula is C22H29ClN2O5S. The Morgan fingerprint density at radius 3 is 2.42 bits per heavy atom. The molecule has 0 atom stereocenters. The first-order valence-corrected chi connectivity index (χ1v) is 12.0. The van der Waals surface area contributed by atoms with Gasteiger partial charge in [-0.3, -0.25) is 9.10 Å². The van der Waals surface area contributed by atoms with Gasteiger partial charge in [-0.1, -0.05) is 50.6 Å². The lowest BCUT2D eigenvalue weighted by molar-refractivity contribution is -0.119. The van der Waals surface area contributed by atoms with Crippen LogP contribution in [0.5, 0.6) is 11.5 Å². The summed E-state index contributed by atoms with van der Waals surface area (Å²) in [5.74, 6) is 0.579. The Hall–Kier alpha value is -2.45. The summed E-state index contributed by atoms with van der Waals surface area (Å²) in [6.07, 6.45) is 1.02. The van der Waals surface area contributed by atoms with Crippen LogP contribution < -0.4 is 19.1 Å². The largest absolute Gasteiger partial charge is 0.495 e. The molecule has 31 heavy (non-hydrogen) atoms. The quantitative estimate of drug-likeness (QED) is 0.568. The van der Waals surface area contributed by atoms with E-state index in [1.165, 1.54) is 13.2 Å². The maximum absolute atomic E-state index is 12.4. The molecule has 0 aliphatic carbocycles. The number of hydrogen-bond donors (Lipinski definition) is 1. The molecule has 1 N–H and O–H groups in total. The molecule has 170 valence electrons. The van der Waals surface area contributed by atoms with Crippen molar-refractivity contribution in [2.24, 2.45) is 0 Å². The van der Waals surface area contributed by atoms with Gasteiger partial charge in [0.2, 0.25) is 15.9 Å². The van der Waals surface area contributed by atoms with Gasteiger partial charge in [-0.05, 0) is 35.2 Å². The highest BCUT2D eigenvalue weighted by Gasteiger charge is 2.24. The van der Waals surface area contributed by atoms with E-state index in [1.807, 2.05) is 24.3 Å². The summed E-state index contributed by atoms with van der Waals surface area (Å²) in [5.41, 5.74) is 1.19. The Morgan fingerprint density at radius 1 is 1.13 bits per heavy atom. The summed E-state index contributed by atoms with van der Waals surface area (Å²) in [7, 11) is -2.34. The van der Waals surface area contributed by atoms with Crippen LogP contribution in [0.3, 0.4) is 0 Å². The molecule has 1 amide bonds. The van der Waals surface area contributed by atoms with Gasteiger partial charge in [0.15, 0.2) is 0 Å². The summed E-state index contributed by atoms with van der Waals surface area (Å²) < 4.78 is 36.7. The van der Waals surface area contributed by atoms with E-state index in [-0.39, 0.29) is 24.3 Å². The van der Waals surface area contributed by atoms with Crippen molar-refractivity contribution in [1.29, 1.82) is 0 Å². The molecule has 0 saturated heterocycles. The van der Waals surface area contributed by atoms with Crippen LogP contribution in [0, 0.1) is 0 Å². The van der Waals surface area contributed by atoms with Crippen molar-refractivity contribution in [1.82, 2.24) is 5.32 Å². The Kier molecular flexibility index (Phi) is 8.20. The summed E-state index contributed by atoms with van der Waals surface area (Å²) in [4.78, 5) is 12.4. The number of carbonyl (C=O) groups is 1. The lowest BCUT2D eigenvalue weighted by Crippen LogP contribution is -2.41. The van der Waals surface area contributed by atoms with E-state index in [9.17, 15) is 13.2 Å². The van der Waals surface area contributed by atoms with Crippen molar-refractivity contribution in [3.05, 3.63) is 53.1 Å². The Labute approximate surface area is 189 Å². The molecular weight excluding hydrogens is 440 g/mol. The number of ether oxygens (including phenoxy) is 2. The number of anilines is 1. The highest BCUT2D eigenvalue weighted by Crippen LogP contribution is 2.33. The number of rotatable bonds is 9. The zero-order valence-corrected chi connectivity index (χ0v) is 20.0. The lowest BCUT2D eigenvalue weighted by Gasteiger charge is -2.24. The van der Waals surface area contributed by atoms with Crippen molar-refractivity contribution >= 4 is 33.2 Å². The minimum Gasteiger partial charge on any atom is -0.495 e. The van der Waals surface area contributed by atoms with Gasteiger partial charge in [0.05, 0.1) is 25.6 Å². The number of methoxy groups -OCH3 is 1. The third-order valence-corrected chi connectivity index (χ3v) is 5.84.